The van der Waals surface area contributed by atoms with E-state index >= 15 is 0 Å². The Morgan fingerprint density at radius 3 is 2.59 bits per heavy atom. The van der Waals surface area contributed by atoms with Gasteiger partial charge in [0.1, 0.15) is 0 Å². The Kier molecular flexibility index (Phi) is 5.52. The minimum Gasteiger partial charge on any atom is -0.398 e. The van der Waals surface area contributed by atoms with Gasteiger partial charge in [0.15, 0.2) is 5.78 Å². The van der Waals surface area contributed by atoms with Crippen molar-refractivity contribution in [3.63, 3.8) is 0 Å². The molecule has 0 unspecified atom stereocenters. The van der Waals surface area contributed by atoms with Crippen LogP contribution in [0.2, 0.25) is 0 Å². The minimum absolute atomic E-state index is 0.00385. The lowest BCUT2D eigenvalue weighted by Gasteiger charge is -2.29. The number of hydrogen-bond acceptors (Lipinski definition) is 6. The van der Waals surface area contributed by atoms with Gasteiger partial charge in [0.25, 0.3) is 0 Å². The number of piperazine rings is 1. The summed E-state index contributed by atoms with van der Waals surface area (Å²) in [7, 11) is 0. The summed E-state index contributed by atoms with van der Waals surface area (Å²) in [6.07, 6.45) is 5.42. The molecule has 1 aliphatic heterocycles. The predicted octanol–water partition coefficient (Wildman–Crippen LogP) is 3.71. The number of ketones is 1. The molecule has 3 N–H and O–H groups in total. The van der Waals surface area contributed by atoms with Crippen LogP contribution in [0.4, 0.5) is 11.4 Å². The molecule has 4 aromatic rings. The molecule has 2 aromatic heterocycles. The van der Waals surface area contributed by atoms with E-state index in [1.165, 1.54) is 5.69 Å². The zero-order valence-corrected chi connectivity index (χ0v) is 17.8. The molecule has 0 amide bonds. The number of rotatable bonds is 5. The number of Topliss-reactive ketones (excluding diaryl/α,β-unsaturated/α-hetero) is 1. The molecule has 6 heteroatoms. The van der Waals surface area contributed by atoms with Crippen LogP contribution in [-0.4, -0.2) is 41.9 Å². The Labute approximate surface area is 187 Å². The summed E-state index contributed by atoms with van der Waals surface area (Å²) >= 11 is 0. The Morgan fingerprint density at radius 2 is 1.78 bits per heavy atom. The van der Waals surface area contributed by atoms with E-state index in [-0.39, 0.29) is 12.2 Å². The maximum absolute atomic E-state index is 13.1. The summed E-state index contributed by atoms with van der Waals surface area (Å²) in [6.45, 7) is 3.96. The van der Waals surface area contributed by atoms with Gasteiger partial charge >= 0.3 is 0 Å². The lowest BCUT2D eigenvalue weighted by Crippen LogP contribution is -2.43. The summed E-state index contributed by atoms with van der Waals surface area (Å²) in [4.78, 5) is 24.1. The second-order valence-electron chi connectivity index (χ2n) is 8.09. The molecule has 2 aromatic carbocycles. The van der Waals surface area contributed by atoms with Crippen molar-refractivity contribution in [3.8, 4) is 11.1 Å². The molecule has 160 valence electrons. The molecule has 5 rings (SSSR count). The standard InChI is InChI=1S/C26H25N5O/c27-24-4-2-19(18-5-7-28-8-6-18)13-21(24)15-26(32)22-14-20-1-3-23(16-25(20)30-17-22)31-11-9-29-10-12-31/h1-8,13-14,16-17,29H,9-12,15,27H2. The normalized spacial score (nSPS) is 13.9. The first-order valence-corrected chi connectivity index (χ1v) is 10.8. The molecule has 0 atom stereocenters. The molecule has 1 saturated heterocycles. The number of carbonyl (C=O) groups is 1. The first-order valence-electron chi connectivity index (χ1n) is 10.8. The van der Waals surface area contributed by atoms with Gasteiger partial charge in [-0.15, -0.1) is 0 Å². The van der Waals surface area contributed by atoms with E-state index in [0.717, 1.165) is 53.8 Å². The van der Waals surface area contributed by atoms with E-state index in [0.29, 0.717) is 11.3 Å². The van der Waals surface area contributed by atoms with E-state index in [4.69, 9.17) is 5.73 Å². The van der Waals surface area contributed by atoms with Crippen molar-refractivity contribution in [1.29, 1.82) is 0 Å². The number of fused-ring (bicyclic) bond motifs is 1. The quantitative estimate of drug-likeness (QED) is 0.376. The number of nitrogen functional groups attached to an aromatic ring is 1. The molecule has 0 radical (unpaired) electrons. The number of nitrogens with one attached hydrogen (secondary N) is 1. The van der Waals surface area contributed by atoms with E-state index in [9.17, 15) is 4.79 Å². The van der Waals surface area contributed by atoms with Gasteiger partial charge in [-0.05, 0) is 59.2 Å². The van der Waals surface area contributed by atoms with Crippen LogP contribution in [0.1, 0.15) is 15.9 Å². The molecule has 1 fully saturated rings. The average molecular weight is 424 g/mol. The monoisotopic (exact) mass is 423 g/mol. The van der Waals surface area contributed by atoms with Crippen LogP contribution < -0.4 is 16.0 Å². The molecule has 0 bridgehead atoms. The van der Waals surface area contributed by atoms with Gasteiger partial charge in [-0.25, -0.2) is 0 Å². The maximum Gasteiger partial charge on any atom is 0.168 e. The fraction of sp³-hybridized carbons (Fsp3) is 0.192. The van der Waals surface area contributed by atoms with E-state index < -0.39 is 0 Å². The molecule has 0 saturated carbocycles. The van der Waals surface area contributed by atoms with Crippen molar-refractivity contribution in [2.75, 3.05) is 36.8 Å². The van der Waals surface area contributed by atoms with E-state index in [2.05, 4.69) is 38.4 Å². The summed E-state index contributed by atoms with van der Waals surface area (Å²) in [6, 6.07) is 17.9. The highest BCUT2D eigenvalue weighted by Gasteiger charge is 2.14. The van der Waals surface area contributed by atoms with Crippen molar-refractivity contribution in [1.82, 2.24) is 15.3 Å². The maximum atomic E-state index is 13.1. The highest BCUT2D eigenvalue weighted by Crippen LogP contribution is 2.26. The van der Waals surface area contributed by atoms with Crippen LogP contribution in [0.25, 0.3) is 22.0 Å². The lowest BCUT2D eigenvalue weighted by atomic mass is 9.97. The Hall–Kier alpha value is -3.77. The smallest absolute Gasteiger partial charge is 0.168 e. The molecular weight excluding hydrogens is 398 g/mol. The summed E-state index contributed by atoms with van der Waals surface area (Å²) in [5.74, 6) is 0.00385. The van der Waals surface area contributed by atoms with Crippen LogP contribution in [0.15, 0.2) is 73.2 Å². The number of benzene rings is 2. The van der Waals surface area contributed by atoms with Crippen LogP contribution in [0.5, 0.6) is 0 Å². The third-order valence-electron chi connectivity index (χ3n) is 5.98. The van der Waals surface area contributed by atoms with Gasteiger partial charge in [0.2, 0.25) is 0 Å². The summed E-state index contributed by atoms with van der Waals surface area (Å²) in [5, 5.41) is 4.34. The van der Waals surface area contributed by atoms with E-state index in [1.807, 2.05) is 36.4 Å². The van der Waals surface area contributed by atoms with Gasteiger partial charge in [0.05, 0.1) is 5.52 Å². The number of nitrogens with two attached hydrogens (primary N) is 1. The molecule has 32 heavy (non-hydrogen) atoms. The third-order valence-corrected chi connectivity index (χ3v) is 5.98. The Balaban J connectivity index is 1.38. The van der Waals surface area contributed by atoms with Gasteiger partial charge in [-0.2, -0.15) is 0 Å². The first-order chi connectivity index (χ1) is 15.7. The van der Waals surface area contributed by atoms with Crippen molar-refractivity contribution < 1.29 is 4.79 Å². The van der Waals surface area contributed by atoms with Crippen LogP contribution in [0.3, 0.4) is 0 Å². The molecule has 6 nitrogen and oxygen atoms in total. The number of aromatic nitrogens is 2. The van der Waals surface area contributed by atoms with E-state index in [1.54, 1.807) is 18.6 Å². The SMILES string of the molecule is Nc1ccc(-c2ccncc2)cc1CC(=O)c1cnc2cc(N3CCNCC3)ccc2c1. The molecule has 1 aliphatic rings. The Morgan fingerprint density at radius 1 is 0.969 bits per heavy atom. The second kappa shape index (κ2) is 8.77. The van der Waals surface area contributed by atoms with Gasteiger partial charge in [-0.3, -0.25) is 14.8 Å². The average Bonchev–Trinajstić information content (AvgIpc) is 2.85. The number of carbonyl (C=O) groups excluding carboxylic acids is 1. The zero-order chi connectivity index (χ0) is 21.9. The largest absolute Gasteiger partial charge is 0.398 e. The number of pyridine rings is 2. The second-order valence-corrected chi connectivity index (χ2v) is 8.09. The Bertz CT molecular complexity index is 1270. The van der Waals surface area contributed by atoms with Crippen LogP contribution in [-0.2, 0) is 6.42 Å². The molecular formula is C26H25N5O. The topological polar surface area (TPSA) is 84.1 Å². The van der Waals surface area contributed by atoms with Crippen molar-refractivity contribution in [2.24, 2.45) is 0 Å². The molecule has 0 aliphatic carbocycles. The van der Waals surface area contributed by atoms with Gasteiger partial charge in [-0.1, -0.05) is 12.1 Å². The summed E-state index contributed by atoms with van der Waals surface area (Å²) < 4.78 is 0. The number of nitrogens with zero attached hydrogens (tertiary/aromatic N) is 3. The fourth-order valence-electron chi connectivity index (χ4n) is 4.14. The molecule has 3 heterocycles. The third kappa shape index (κ3) is 4.18. The minimum atomic E-state index is 0.00385. The highest BCUT2D eigenvalue weighted by atomic mass is 16.1. The fourth-order valence-corrected chi connectivity index (χ4v) is 4.14. The highest BCUT2D eigenvalue weighted by molar-refractivity contribution is 6.00. The number of hydrogen-bond donors (Lipinski definition) is 2. The van der Waals surface area contributed by atoms with Crippen molar-refractivity contribution >= 4 is 28.1 Å². The van der Waals surface area contributed by atoms with Crippen LogP contribution in [0, 0.1) is 0 Å². The predicted molar refractivity (Wildman–Crippen MR) is 129 cm³/mol. The van der Waals surface area contributed by atoms with Crippen LogP contribution >= 0.6 is 0 Å². The zero-order valence-electron chi connectivity index (χ0n) is 17.8. The first kappa shape index (κ1) is 20.2. The number of anilines is 2. The van der Waals surface area contributed by atoms with Gasteiger partial charge in [0, 0.05) is 73.5 Å². The molecule has 0 spiro atoms. The van der Waals surface area contributed by atoms with Crippen molar-refractivity contribution in [3.05, 3.63) is 84.3 Å². The van der Waals surface area contributed by atoms with Gasteiger partial charge < -0.3 is 16.0 Å². The van der Waals surface area contributed by atoms with Crippen molar-refractivity contribution in [2.45, 2.75) is 6.42 Å². The lowest BCUT2D eigenvalue weighted by molar-refractivity contribution is 0.0993. The summed E-state index contributed by atoms with van der Waals surface area (Å²) in [5.41, 5.74) is 12.3.